The van der Waals surface area contributed by atoms with Crippen LogP contribution in [0.1, 0.15) is 18.4 Å². The van der Waals surface area contributed by atoms with Crippen molar-refractivity contribution in [2.24, 2.45) is 0 Å². The number of hydrogen-bond donors (Lipinski definition) is 1. The fourth-order valence-electron chi connectivity index (χ4n) is 2.33. The SMILES string of the molecule is BC1=CCCC=C1Nc1csc(-c2cccc(C)c2)n1. The number of rotatable bonds is 3. The number of allylic oxidation sites excluding steroid dienone is 3. The molecule has 0 aliphatic heterocycles. The number of nitrogens with one attached hydrogen (secondary N) is 1. The highest BCUT2D eigenvalue weighted by Crippen LogP contribution is 2.28. The molecular formula is C16H17BN2S. The van der Waals surface area contributed by atoms with Gasteiger partial charge in [0.25, 0.3) is 0 Å². The summed E-state index contributed by atoms with van der Waals surface area (Å²) in [5.41, 5.74) is 4.95. The van der Waals surface area contributed by atoms with Gasteiger partial charge in [-0.2, -0.15) is 0 Å². The summed E-state index contributed by atoms with van der Waals surface area (Å²) in [6, 6.07) is 8.47. The van der Waals surface area contributed by atoms with E-state index in [1.165, 1.54) is 22.3 Å². The smallest absolute Gasteiger partial charge is 0.142 e. The van der Waals surface area contributed by atoms with Gasteiger partial charge < -0.3 is 5.32 Å². The van der Waals surface area contributed by atoms with E-state index in [4.69, 9.17) is 0 Å². The molecule has 0 radical (unpaired) electrons. The summed E-state index contributed by atoms with van der Waals surface area (Å²) in [6.07, 6.45) is 6.77. The van der Waals surface area contributed by atoms with Crippen LogP contribution < -0.4 is 5.32 Å². The van der Waals surface area contributed by atoms with Crippen LogP contribution in [0.5, 0.6) is 0 Å². The Kier molecular flexibility index (Phi) is 3.74. The third-order valence-electron chi connectivity index (χ3n) is 3.42. The van der Waals surface area contributed by atoms with E-state index in [2.05, 4.69) is 66.9 Å². The van der Waals surface area contributed by atoms with Gasteiger partial charge in [0.2, 0.25) is 0 Å². The van der Waals surface area contributed by atoms with Crippen LogP contribution in [-0.2, 0) is 0 Å². The topological polar surface area (TPSA) is 24.9 Å². The molecule has 0 unspecified atom stereocenters. The lowest BCUT2D eigenvalue weighted by Gasteiger charge is -2.13. The van der Waals surface area contributed by atoms with Gasteiger partial charge in [-0.25, -0.2) is 4.98 Å². The molecule has 0 atom stereocenters. The van der Waals surface area contributed by atoms with Crippen LogP contribution in [0.25, 0.3) is 10.6 Å². The molecule has 2 nitrogen and oxygen atoms in total. The maximum absolute atomic E-state index is 4.69. The average Bonchev–Trinajstić information content (AvgIpc) is 2.90. The highest BCUT2D eigenvalue weighted by molar-refractivity contribution is 7.13. The van der Waals surface area contributed by atoms with Crippen LogP contribution in [0.4, 0.5) is 5.82 Å². The van der Waals surface area contributed by atoms with Crippen molar-refractivity contribution in [2.75, 3.05) is 5.32 Å². The second-order valence-electron chi connectivity index (χ2n) is 5.11. The van der Waals surface area contributed by atoms with Gasteiger partial charge in [0.15, 0.2) is 0 Å². The fourth-order valence-corrected chi connectivity index (χ4v) is 3.08. The standard InChI is InChI=1S/C16H17BN2S/c1-11-5-4-6-12(9-11)16-19-15(10-20-16)18-14-8-3-2-7-13(14)17/h4-10,18H,2-3,17H2,1H3. The first-order valence-corrected chi connectivity index (χ1v) is 7.77. The van der Waals surface area contributed by atoms with E-state index in [1.54, 1.807) is 11.3 Å². The van der Waals surface area contributed by atoms with Crippen molar-refractivity contribution in [3.8, 4) is 10.6 Å². The molecule has 2 aromatic rings. The molecule has 1 heterocycles. The largest absolute Gasteiger partial charge is 0.340 e. The third kappa shape index (κ3) is 2.85. The molecule has 0 fully saturated rings. The molecule has 0 bridgehead atoms. The Labute approximate surface area is 124 Å². The molecule has 0 amide bonds. The molecule has 0 saturated heterocycles. The van der Waals surface area contributed by atoms with Crippen molar-refractivity contribution in [2.45, 2.75) is 19.8 Å². The number of aromatic nitrogens is 1. The molecule has 1 aliphatic carbocycles. The van der Waals surface area contributed by atoms with Gasteiger partial charge in [-0.3, -0.25) is 0 Å². The summed E-state index contributed by atoms with van der Waals surface area (Å²) >= 11 is 1.68. The van der Waals surface area contributed by atoms with E-state index in [0.29, 0.717) is 0 Å². The molecule has 1 aromatic carbocycles. The maximum atomic E-state index is 4.69. The Morgan fingerprint density at radius 2 is 2.10 bits per heavy atom. The number of nitrogens with zero attached hydrogens (tertiary/aromatic N) is 1. The highest BCUT2D eigenvalue weighted by atomic mass is 32.1. The summed E-state index contributed by atoms with van der Waals surface area (Å²) in [5, 5.41) is 6.58. The quantitative estimate of drug-likeness (QED) is 0.867. The Morgan fingerprint density at radius 1 is 1.25 bits per heavy atom. The van der Waals surface area contributed by atoms with Crippen molar-refractivity contribution in [3.63, 3.8) is 0 Å². The Hall–Kier alpha value is -1.81. The lowest BCUT2D eigenvalue weighted by molar-refractivity contribution is 1.01. The molecule has 100 valence electrons. The summed E-state index contributed by atoms with van der Waals surface area (Å²) in [7, 11) is 2.14. The fraction of sp³-hybridized carbons (Fsp3) is 0.188. The molecule has 4 heteroatoms. The van der Waals surface area contributed by atoms with Crippen molar-refractivity contribution in [3.05, 3.63) is 58.5 Å². The van der Waals surface area contributed by atoms with Crippen LogP contribution >= 0.6 is 11.3 Å². The summed E-state index contributed by atoms with van der Waals surface area (Å²) in [6.45, 7) is 2.11. The van der Waals surface area contributed by atoms with E-state index in [9.17, 15) is 0 Å². The van der Waals surface area contributed by atoms with Crippen molar-refractivity contribution in [1.82, 2.24) is 4.98 Å². The van der Waals surface area contributed by atoms with Crippen LogP contribution in [0.3, 0.4) is 0 Å². The minimum atomic E-state index is 0.937. The number of benzene rings is 1. The second kappa shape index (κ2) is 5.67. The van der Waals surface area contributed by atoms with Gasteiger partial charge in [-0.1, -0.05) is 41.4 Å². The van der Waals surface area contributed by atoms with Gasteiger partial charge in [0.05, 0.1) is 0 Å². The van der Waals surface area contributed by atoms with E-state index >= 15 is 0 Å². The van der Waals surface area contributed by atoms with Gasteiger partial charge in [-0.15, -0.1) is 11.3 Å². The van der Waals surface area contributed by atoms with Gasteiger partial charge in [0, 0.05) is 16.6 Å². The number of hydrogen-bond acceptors (Lipinski definition) is 3. The van der Waals surface area contributed by atoms with Gasteiger partial charge in [0.1, 0.15) is 18.7 Å². The minimum absolute atomic E-state index is 0.937. The summed E-state index contributed by atoms with van der Waals surface area (Å²) < 4.78 is 0. The lowest BCUT2D eigenvalue weighted by atomic mass is 9.87. The van der Waals surface area contributed by atoms with Crippen LogP contribution in [0.2, 0.25) is 0 Å². The van der Waals surface area contributed by atoms with E-state index in [-0.39, 0.29) is 0 Å². The molecule has 20 heavy (non-hydrogen) atoms. The first kappa shape index (κ1) is 13.2. The second-order valence-corrected chi connectivity index (χ2v) is 5.97. The van der Waals surface area contributed by atoms with Gasteiger partial charge in [-0.05, 0) is 25.8 Å². The molecular weight excluding hydrogens is 263 g/mol. The Balaban J connectivity index is 1.81. The maximum Gasteiger partial charge on any atom is 0.142 e. The van der Waals surface area contributed by atoms with Crippen molar-refractivity contribution in [1.29, 1.82) is 0 Å². The lowest BCUT2D eigenvalue weighted by Crippen LogP contribution is -2.05. The normalized spacial score (nSPS) is 14.7. The van der Waals surface area contributed by atoms with Crippen molar-refractivity contribution < 1.29 is 0 Å². The Bertz CT molecular complexity index is 685. The van der Waals surface area contributed by atoms with Crippen LogP contribution in [0, 0.1) is 6.92 Å². The zero-order valence-corrected chi connectivity index (χ0v) is 12.6. The van der Waals surface area contributed by atoms with Gasteiger partial charge >= 0.3 is 0 Å². The third-order valence-corrected chi connectivity index (χ3v) is 4.31. The monoisotopic (exact) mass is 280 g/mol. The average molecular weight is 280 g/mol. The predicted octanol–water partition coefficient (Wildman–Crippen LogP) is 3.73. The molecule has 0 saturated carbocycles. The predicted molar refractivity (Wildman–Crippen MR) is 89.9 cm³/mol. The Morgan fingerprint density at radius 3 is 2.90 bits per heavy atom. The zero-order valence-electron chi connectivity index (χ0n) is 11.8. The number of thiazole rings is 1. The summed E-state index contributed by atoms with van der Waals surface area (Å²) in [5.74, 6) is 0.937. The molecule has 3 rings (SSSR count). The molecule has 1 aliphatic rings. The number of anilines is 1. The highest BCUT2D eigenvalue weighted by Gasteiger charge is 2.08. The first-order valence-electron chi connectivity index (χ1n) is 6.89. The van der Waals surface area contributed by atoms with Crippen molar-refractivity contribution >= 4 is 25.0 Å². The van der Waals surface area contributed by atoms with E-state index in [1.807, 2.05) is 0 Å². The minimum Gasteiger partial charge on any atom is -0.340 e. The van der Waals surface area contributed by atoms with Crippen LogP contribution in [0.15, 0.2) is 53.0 Å². The molecule has 1 N–H and O–H groups in total. The van der Waals surface area contributed by atoms with E-state index < -0.39 is 0 Å². The number of aryl methyl sites for hydroxylation is 1. The zero-order chi connectivity index (χ0) is 13.9. The first-order chi connectivity index (χ1) is 9.72. The molecule has 1 aromatic heterocycles. The summed E-state index contributed by atoms with van der Waals surface area (Å²) in [4.78, 5) is 4.69. The van der Waals surface area contributed by atoms with E-state index in [0.717, 1.165) is 23.7 Å². The molecule has 0 spiro atoms. The van der Waals surface area contributed by atoms with Crippen LogP contribution in [-0.4, -0.2) is 12.8 Å².